The summed E-state index contributed by atoms with van der Waals surface area (Å²) in [6, 6.07) is 9.35. The molecule has 2 aromatic rings. The fraction of sp³-hybridized carbons (Fsp3) is 0.412. The van der Waals surface area contributed by atoms with E-state index in [4.69, 9.17) is 4.74 Å². The number of hydrogen-bond donors (Lipinski definition) is 1. The van der Waals surface area contributed by atoms with Crippen molar-refractivity contribution in [3.05, 3.63) is 48.5 Å². The number of aryl methyl sites for hydroxylation is 1. The van der Waals surface area contributed by atoms with Crippen molar-refractivity contribution in [1.82, 2.24) is 14.5 Å². The van der Waals surface area contributed by atoms with E-state index in [1.54, 1.807) is 28.9 Å². The van der Waals surface area contributed by atoms with Crippen LogP contribution in [0.1, 0.15) is 23.8 Å². The van der Waals surface area contributed by atoms with Gasteiger partial charge in [0, 0.05) is 19.8 Å². The Morgan fingerprint density at radius 2 is 2.13 bits per heavy atom. The average Bonchev–Trinajstić information content (AvgIpc) is 2.96. The molecule has 1 aromatic heterocycles. The fourth-order valence-corrected chi connectivity index (χ4v) is 2.71. The van der Waals surface area contributed by atoms with Gasteiger partial charge < -0.3 is 19.3 Å². The van der Waals surface area contributed by atoms with Crippen LogP contribution in [0.2, 0.25) is 0 Å². The Hall–Kier alpha value is -2.34. The third-order valence-corrected chi connectivity index (χ3v) is 4.20. The maximum absolute atomic E-state index is 12.5. The molecule has 2 heterocycles. The zero-order valence-electron chi connectivity index (χ0n) is 13.3. The van der Waals surface area contributed by atoms with E-state index in [0.717, 1.165) is 0 Å². The summed E-state index contributed by atoms with van der Waals surface area (Å²) in [5.41, 5.74) is -0.566. The van der Waals surface area contributed by atoms with E-state index in [2.05, 4.69) is 4.98 Å². The minimum atomic E-state index is -0.975. The molecule has 2 atom stereocenters. The lowest BCUT2D eigenvalue weighted by Gasteiger charge is -2.42. The first-order valence-electron chi connectivity index (χ1n) is 7.67. The monoisotopic (exact) mass is 315 g/mol. The Balaban J connectivity index is 1.74. The first kappa shape index (κ1) is 15.6. The largest absolute Gasteiger partial charge is 0.486 e. The summed E-state index contributed by atoms with van der Waals surface area (Å²) in [7, 11) is 1.83. The molecule has 122 valence electrons. The lowest BCUT2D eigenvalue weighted by molar-refractivity contribution is -0.0882. The molecule has 1 amide bonds. The lowest BCUT2D eigenvalue weighted by atomic mass is 9.90. The Kier molecular flexibility index (Phi) is 4.09. The molecule has 1 N–H and O–H groups in total. The van der Waals surface area contributed by atoms with Crippen molar-refractivity contribution < 1.29 is 14.6 Å². The Labute approximate surface area is 135 Å². The first-order valence-corrected chi connectivity index (χ1v) is 7.67. The van der Waals surface area contributed by atoms with Crippen LogP contribution in [0.4, 0.5) is 0 Å². The molecule has 0 saturated carbocycles. The molecule has 6 nitrogen and oxygen atoms in total. The van der Waals surface area contributed by atoms with Crippen molar-refractivity contribution in [2.24, 2.45) is 7.05 Å². The maximum Gasteiger partial charge on any atom is 0.274 e. The van der Waals surface area contributed by atoms with Crippen molar-refractivity contribution in [1.29, 1.82) is 0 Å². The van der Waals surface area contributed by atoms with Gasteiger partial charge in [0.15, 0.2) is 0 Å². The summed E-state index contributed by atoms with van der Waals surface area (Å²) in [5, 5.41) is 10.6. The van der Waals surface area contributed by atoms with Gasteiger partial charge in [-0.2, -0.15) is 0 Å². The number of imidazole rings is 1. The van der Waals surface area contributed by atoms with E-state index < -0.39 is 11.7 Å². The highest BCUT2D eigenvalue weighted by atomic mass is 16.5. The van der Waals surface area contributed by atoms with Crippen LogP contribution in [0.15, 0.2) is 42.9 Å². The summed E-state index contributed by atoms with van der Waals surface area (Å²) >= 11 is 0. The van der Waals surface area contributed by atoms with Gasteiger partial charge in [-0.25, -0.2) is 4.98 Å². The molecule has 1 aliphatic rings. The molecule has 1 fully saturated rings. The number of amides is 1. The van der Waals surface area contributed by atoms with Crippen LogP contribution in [0.5, 0.6) is 5.75 Å². The lowest BCUT2D eigenvalue weighted by Crippen LogP contribution is -2.57. The summed E-state index contributed by atoms with van der Waals surface area (Å²) in [5.74, 6) is 0.549. The van der Waals surface area contributed by atoms with Crippen LogP contribution in [-0.2, 0) is 7.05 Å². The van der Waals surface area contributed by atoms with Crippen LogP contribution in [0.25, 0.3) is 0 Å². The van der Waals surface area contributed by atoms with Crippen LogP contribution >= 0.6 is 0 Å². The minimum Gasteiger partial charge on any atom is -0.486 e. The molecule has 0 aliphatic carbocycles. The molecule has 0 spiro atoms. The smallest absolute Gasteiger partial charge is 0.274 e. The zero-order valence-corrected chi connectivity index (χ0v) is 13.3. The van der Waals surface area contributed by atoms with Gasteiger partial charge in [-0.1, -0.05) is 18.2 Å². The van der Waals surface area contributed by atoms with Crippen molar-refractivity contribution in [2.45, 2.75) is 25.0 Å². The van der Waals surface area contributed by atoms with Crippen LogP contribution < -0.4 is 4.74 Å². The van der Waals surface area contributed by atoms with Crippen LogP contribution in [-0.4, -0.2) is 50.3 Å². The zero-order chi connectivity index (χ0) is 16.4. The van der Waals surface area contributed by atoms with E-state index in [1.165, 1.54) is 0 Å². The number of carbonyl (C=O) groups excluding carboxylic acids is 1. The van der Waals surface area contributed by atoms with E-state index in [9.17, 15) is 9.90 Å². The number of aliphatic hydroxyl groups is 1. The summed E-state index contributed by atoms with van der Waals surface area (Å²) < 4.78 is 7.66. The fourth-order valence-electron chi connectivity index (χ4n) is 2.71. The number of likely N-dealkylation sites (tertiary alicyclic amines) is 1. The van der Waals surface area contributed by atoms with Gasteiger partial charge in [0.25, 0.3) is 5.91 Å². The molecule has 0 unspecified atom stereocenters. The number of nitrogens with zero attached hydrogens (tertiary/aromatic N) is 3. The van der Waals surface area contributed by atoms with Crippen molar-refractivity contribution in [3.8, 4) is 5.75 Å². The molecule has 3 rings (SSSR count). The maximum atomic E-state index is 12.5. The number of benzene rings is 1. The van der Waals surface area contributed by atoms with E-state index in [-0.39, 0.29) is 5.91 Å². The van der Waals surface area contributed by atoms with Crippen molar-refractivity contribution >= 4 is 5.91 Å². The number of carbonyl (C=O) groups is 1. The van der Waals surface area contributed by atoms with Crippen LogP contribution in [0.3, 0.4) is 0 Å². The molecule has 1 aliphatic heterocycles. The van der Waals surface area contributed by atoms with E-state index in [1.807, 2.05) is 37.4 Å². The van der Waals surface area contributed by atoms with Gasteiger partial charge in [-0.15, -0.1) is 0 Å². The number of rotatable bonds is 3. The van der Waals surface area contributed by atoms with Crippen molar-refractivity contribution in [3.63, 3.8) is 0 Å². The molecule has 0 bridgehead atoms. The highest BCUT2D eigenvalue weighted by Gasteiger charge is 2.41. The van der Waals surface area contributed by atoms with Crippen molar-refractivity contribution in [2.75, 3.05) is 13.1 Å². The normalized spacial score (nSPS) is 24.5. The molecule has 0 radical (unpaired) electrons. The molecule has 1 aromatic carbocycles. The number of para-hydroxylation sites is 1. The van der Waals surface area contributed by atoms with Gasteiger partial charge in [0.2, 0.25) is 0 Å². The Morgan fingerprint density at radius 1 is 1.39 bits per heavy atom. The number of aromatic nitrogens is 2. The van der Waals surface area contributed by atoms with Gasteiger partial charge in [-0.05, 0) is 25.5 Å². The van der Waals surface area contributed by atoms with Crippen LogP contribution in [0, 0.1) is 0 Å². The third-order valence-electron chi connectivity index (χ3n) is 4.20. The predicted octanol–water partition coefficient (Wildman–Crippen LogP) is 1.46. The molecule has 1 saturated heterocycles. The average molecular weight is 315 g/mol. The van der Waals surface area contributed by atoms with Gasteiger partial charge in [0.1, 0.15) is 23.1 Å². The van der Waals surface area contributed by atoms with Gasteiger partial charge in [0.05, 0.1) is 12.9 Å². The number of hydrogen-bond acceptors (Lipinski definition) is 4. The molecular formula is C17H21N3O3. The second kappa shape index (κ2) is 6.04. The number of ether oxygens (including phenoxy) is 1. The predicted molar refractivity (Wildman–Crippen MR) is 85.2 cm³/mol. The topological polar surface area (TPSA) is 67.6 Å². The summed E-state index contributed by atoms with van der Waals surface area (Å²) in [6.07, 6.45) is 3.28. The standard InChI is InChI=1S/C17H21N3O3/c1-17(22)8-9-20(16(21)14-10-19(2)12-18-14)11-15(17)23-13-6-4-3-5-7-13/h3-7,10,12,15,22H,8-9,11H2,1-2H3/t15-,17-/m1/s1. The quantitative estimate of drug-likeness (QED) is 0.931. The second-order valence-corrected chi connectivity index (χ2v) is 6.20. The number of piperidine rings is 1. The van der Waals surface area contributed by atoms with Gasteiger partial charge >= 0.3 is 0 Å². The summed E-state index contributed by atoms with van der Waals surface area (Å²) in [6.45, 7) is 2.57. The van der Waals surface area contributed by atoms with Gasteiger partial charge in [-0.3, -0.25) is 4.79 Å². The molecular weight excluding hydrogens is 294 g/mol. The molecule has 23 heavy (non-hydrogen) atoms. The second-order valence-electron chi connectivity index (χ2n) is 6.20. The minimum absolute atomic E-state index is 0.136. The Morgan fingerprint density at radius 3 is 2.78 bits per heavy atom. The highest BCUT2D eigenvalue weighted by Crippen LogP contribution is 2.27. The third kappa shape index (κ3) is 3.37. The SMILES string of the molecule is Cn1cnc(C(=O)N2CC[C@@](C)(O)[C@H](Oc3ccccc3)C2)c1. The Bertz CT molecular complexity index is 681. The first-order chi connectivity index (χ1) is 11.0. The highest BCUT2D eigenvalue weighted by molar-refractivity contribution is 5.92. The summed E-state index contributed by atoms with van der Waals surface area (Å²) in [4.78, 5) is 18.3. The van der Waals surface area contributed by atoms with E-state index >= 15 is 0 Å². The molecule has 6 heteroatoms. The van der Waals surface area contributed by atoms with E-state index in [0.29, 0.717) is 31.0 Å².